The molecule has 0 bridgehead atoms. The molecule has 31 heavy (non-hydrogen) atoms. The molecule has 2 aromatic carbocycles. The van der Waals surface area contributed by atoms with Crippen molar-refractivity contribution in [1.82, 2.24) is 15.1 Å². The van der Waals surface area contributed by atoms with E-state index in [-0.39, 0.29) is 16.9 Å². The molecule has 2 heterocycles. The minimum Gasteiger partial charge on any atom is -0.316 e. The Kier molecular flexibility index (Phi) is 6.03. The molecule has 2 atom stereocenters. The number of aryl methyl sites for hydroxylation is 1. The van der Waals surface area contributed by atoms with Crippen molar-refractivity contribution >= 4 is 23.2 Å². The van der Waals surface area contributed by atoms with Crippen LogP contribution in [-0.4, -0.2) is 22.9 Å². The Hall–Kier alpha value is -2.09. The van der Waals surface area contributed by atoms with E-state index in [9.17, 15) is 13.2 Å². The van der Waals surface area contributed by atoms with Gasteiger partial charge in [-0.2, -0.15) is 18.3 Å². The number of benzene rings is 2. The van der Waals surface area contributed by atoms with Gasteiger partial charge in [-0.15, -0.1) is 0 Å². The molecule has 1 fully saturated rings. The normalized spacial score (nSPS) is 19.6. The summed E-state index contributed by atoms with van der Waals surface area (Å²) in [5, 5.41) is 7.37. The summed E-state index contributed by atoms with van der Waals surface area (Å²) in [6.45, 7) is 1.09. The topological polar surface area (TPSA) is 29.9 Å². The lowest BCUT2D eigenvalue weighted by molar-refractivity contribution is -0.137. The quantitative estimate of drug-likeness (QED) is 0.447. The van der Waals surface area contributed by atoms with Crippen molar-refractivity contribution < 1.29 is 17.6 Å². The lowest BCUT2D eigenvalue weighted by atomic mass is 9.76. The Balaban J connectivity index is 1.72. The van der Waals surface area contributed by atoms with Crippen LogP contribution in [-0.2, 0) is 13.2 Å². The first-order valence-electron chi connectivity index (χ1n) is 9.71. The summed E-state index contributed by atoms with van der Waals surface area (Å²) < 4.78 is 56.8. The molecule has 3 nitrogen and oxygen atoms in total. The van der Waals surface area contributed by atoms with Crippen LogP contribution in [0.4, 0.5) is 17.6 Å². The molecule has 1 aliphatic heterocycles. The molecule has 0 amide bonds. The fraction of sp³-hybridized carbons (Fsp3) is 0.318. The Morgan fingerprint density at radius 1 is 1.06 bits per heavy atom. The first-order chi connectivity index (χ1) is 14.7. The maximum absolute atomic E-state index is 15.2. The van der Waals surface area contributed by atoms with Crippen molar-refractivity contribution in [3.05, 3.63) is 75.1 Å². The second-order valence-corrected chi connectivity index (χ2v) is 8.46. The molecule has 1 unspecified atom stereocenters. The number of alkyl halides is 3. The maximum Gasteiger partial charge on any atom is 0.417 e. The van der Waals surface area contributed by atoms with Gasteiger partial charge in [-0.25, -0.2) is 4.39 Å². The van der Waals surface area contributed by atoms with Crippen LogP contribution in [0.2, 0.25) is 10.0 Å². The van der Waals surface area contributed by atoms with Gasteiger partial charge in [0.05, 0.1) is 27.5 Å². The molecule has 1 aromatic heterocycles. The van der Waals surface area contributed by atoms with Gasteiger partial charge in [0.2, 0.25) is 0 Å². The molecule has 3 aromatic rings. The van der Waals surface area contributed by atoms with Crippen LogP contribution in [0.25, 0.3) is 11.3 Å². The predicted octanol–water partition coefficient (Wildman–Crippen LogP) is 6.41. The van der Waals surface area contributed by atoms with Gasteiger partial charge in [0.1, 0.15) is 5.82 Å². The van der Waals surface area contributed by atoms with E-state index < -0.39 is 17.6 Å². The Morgan fingerprint density at radius 3 is 2.48 bits per heavy atom. The van der Waals surface area contributed by atoms with Gasteiger partial charge >= 0.3 is 6.18 Å². The molecule has 1 saturated heterocycles. The minimum atomic E-state index is -4.55. The molecule has 0 radical (unpaired) electrons. The van der Waals surface area contributed by atoms with Crippen molar-refractivity contribution in [3.8, 4) is 11.3 Å². The number of rotatable bonds is 3. The van der Waals surface area contributed by atoms with E-state index in [1.165, 1.54) is 18.3 Å². The van der Waals surface area contributed by atoms with E-state index in [1.54, 1.807) is 29.9 Å². The lowest BCUT2D eigenvalue weighted by Crippen LogP contribution is -2.34. The van der Waals surface area contributed by atoms with Gasteiger partial charge in [0.15, 0.2) is 0 Å². The van der Waals surface area contributed by atoms with Crippen molar-refractivity contribution in [2.24, 2.45) is 7.05 Å². The highest BCUT2D eigenvalue weighted by Crippen LogP contribution is 2.43. The van der Waals surface area contributed by atoms with Crippen molar-refractivity contribution in [2.45, 2.75) is 24.4 Å². The minimum absolute atomic E-state index is 0.278. The summed E-state index contributed by atoms with van der Waals surface area (Å²) in [6.07, 6.45) is -2.48. The first kappa shape index (κ1) is 22.1. The molecule has 0 saturated carbocycles. The SMILES string of the molecule is Cn1ncc(Cl)c1-c1ccc(C2CNCC[C@H]2c2ccc(Cl)c(C(F)(F)F)c2)c(F)c1. The third kappa shape index (κ3) is 4.31. The number of nitrogens with zero attached hydrogens (tertiary/aromatic N) is 2. The zero-order valence-corrected chi connectivity index (χ0v) is 18.0. The number of hydrogen-bond acceptors (Lipinski definition) is 2. The van der Waals surface area contributed by atoms with Gasteiger partial charge in [0.25, 0.3) is 0 Å². The fourth-order valence-corrected chi connectivity index (χ4v) is 4.79. The van der Waals surface area contributed by atoms with Gasteiger partial charge < -0.3 is 5.32 Å². The highest BCUT2D eigenvalue weighted by atomic mass is 35.5. The first-order valence-corrected chi connectivity index (χ1v) is 10.5. The summed E-state index contributed by atoms with van der Waals surface area (Å²) in [5.74, 6) is -1.04. The lowest BCUT2D eigenvalue weighted by Gasteiger charge is -2.33. The smallest absolute Gasteiger partial charge is 0.316 e. The monoisotopic (exact) mass is 471 g/mol. The van der Waals surface area contributed by atoms with E-state index >= 15 is 4.39 Å². The van der Waals surface area contributed by atoms with Crippen LogP contribution in [0.1, 0.15) is 34.9 Å². The molecular weight excluding hydrogens is 453 g/mol. The van der Waals surface area contributed by atoms with Crippen LogP contribution in [0.15, 0.2) is 42.6 Å². The standard InChI is InChI=1S/C22H19Cl2F4N3/c1-31-21(19(24)11-30-31)13-2-4-15(20(25)9-13)16-10-29-7-6-14(16)12-3-5-18(23)17(8-12)22(26,27)28/h2-5,8-9,11,14,16,29H,6-7,10H2,1H3/t14-,16?/m0/s1. The van der Waals surface area contributed by atoms with Crippen LogP contribution in [0.3, 0.4) is 0 Å². The summed E-state index contributed by atoms with van der Waals surface area (Å²) in [4.78, 5) is 0. The second-order valence-electron chi connectivity index (χ2n) is 7.64. The average Bonchev–Trinajstić information content (AvgIpc) is 3.05. The Bertz CT molecular complexity index is 1090. The highest BCUT2D eigenvalue weighted by molar-refractivity contribution is 6.33. The summed E-state index contributed by atoms with van der Waals surface area (Å²) in [6, 6.07) is 8.79. The van der Waals surface area contributed by atoms with Gasteiger partial charge in [-0.1, -0.05) is 41.4 Å². The molecular formula is C22H19Cl2F4N3. The van der Waals surface area contributed by atoms with Crippen molar-refractivity contribution in [2.75, 3.05) is 13.1 Å². The van der Waals surface area contributed by atoms with Crippen LogP contribution >= 0.6 is 23.2 Å². The number of aromatic nitrogens is 2. The molecule has 0 aliphatic carbocycles. The largest absolute Gasteiger partial charge is 0.417 e. The van der Waals surface area contributed by atoms with Gasteiger partial charge in [0, 0.05) is 25.1 Å². The Morgan fingerprint density at radius 2 is 1.84 bits per heavy atom. The van der Waals surface area contributed by atoms with E-state index in [2.05, 4.69) is 10.4 Å². The summed E-state index contributed by atoms with van der Waals surface area (Å²) >= 11 is 11.9. The van der Waals surface area contributed by atoms with E-state index in [0.717, 1.165) is 6.07 Å². The predicted molar refractivity (Wildman–Crippen MR) is 113 cm³/mol. The number of hydrogen-bond donors (Lipinski definition) is 1. The number of piperidine rings is 1. The van der Waals surface area contributed by atoms with Crippen molar-refractivity contribution in [3.63, 3.8) is 0 Å². The second kappa shape index (κ2) is 8.45. The molecule has 4 rings (SSSR count). The van der Waals surface area contributed by atoms with E-state index in [4.69, 9.17) is 23.2 Å². The molecule has 1 N–H and O–H groups in total. The third-order valence-corrected chi connectivity index (χ3v) is 6.38. The zero-order valence-electron chi connectivity index (χ0n) is 16.5. The van der Waals surface area contributed by atoms with Crippen LogP contribution in [0, 0.1) is 5.82 Å². The van der Waals surface area contributed by atoms with Crippen LogP contribution in [0.5, 0.6) is 0 Å². The third-order valence-electron chi connectivity index (χ3n) is 5.77. The van der Waals surface area contributed by atoms with Crippen molar-refractivity contribution in [1.29, 1.82) is 0 Å². The van der Waals surface area contributed by atoms with E-state index in [0.29, 0.717) is 46.9 Å². The van der Waals surface area contributed by atoms with Crippen LogP contribution < -0.4 is 5.32 Å². The summed E-state index contributed by atoms with van der Waals surface area (Å²) in [5.41, 5.74) is 1.25. The molecule has 9 heteroatoms. The average molecular weight is 472 g/mol. The van der Waals surface area contributed by atoms with Gasteiger partial charge in [-0.05, 0) is 48.2 Å². The fourth-order valence-electron chi connectivity index (χ4n) is 4.29. The molecule has 1 aliphatic rings. The highest BCUT2D eigenvalue weighted by Gasteiger charge is 2.36. The number of halogens is 6. The van der Waals surface area contributed by atoms with E-state index in [1.807, 2.05) is 0 Å². The summed E-state index contributed by atoms with van der Waals surface area (Å²) in [7, 11) is 1.72. The molecule has 164 valence electrons. The Labute approximate surface area is 187 Å². The maximum atomic E-state index is 15.2. The zero-order chi connectivity index (χ0) is 22.3. The van der Waals surface area contributed by atoms with Gasteiger partial charge in [-0.3, -0.25) is 4.68 Å². The molecule has 0 spiro atoms. The number of nitrogens with one attached hydrogen (secondary N) is 1.